The number of methoxy groups -OCH3 is 1. The number of phenols is 1. The fourth-order valence-corrected chi connectivity index (χ4v) is 2.18. The van der Waals surface area contributed by atoms with Crippen LogP contribution in [0.15, 0.2) is 18.2 Å². The molecule has 1 aromatic rings. The second-order valence-electron chi connectivity index (χ2n) is 4.70. The highest BCUT2D eigenvalue weighted by molar-refractivity contribution is 5.41. The van der Waals surface area contributed by atoms with Crippen LogP contribution < -0.4 is 10.1 Å². The van der Waals surface area contributed by atoms with E-state index in [4.69, 9.17) is 9.47 Å². The van der Waals surface area contributed by atoms with Crippen LogP contribution in [0.1, 0.15) is 18.4 Å². The second kappa shape index (κ2) is 6.61. The molecule has 0 spiro atoms. The van der Waals surface area contributed by atoms with Gasteiger partial charge in [-0.15, -0.1) is 0 Å². The quantitative estimate of drug-likeness (QED) is 0.758. The molecule has 2 N–H and O–H groups in total. The van der Waals surface area contributed by atoms with E-state index in [0.717, 1.165) is 38.3 Å². The first-order valence-corrected chi connectivity index (χ1v) is 6.44. The highest BCUT2D eigenvalue weighted by atomic mass is 16.5. The van der Waals surface area contributed by atoms with Crippen LogP contribution in [-0.4, -0.2) is 32.0 Å². The molecule has 100 valence electrons. The van der Waals surface area contributed by atoms with Crippen molar-refractivity contribution in [1.82, 2.24) is 5.32 Å². The number of ether oxygens (including phenoxy) is 2. The first-order valence-electron chi connectivity index (χ1n) is 6.44. The third kappa shape index (κ3) is 3.62. The lowest BCUT2D eigenvalue weighted by molar-refractivity contribution is 0.184. The lowest BCUT2D eigenvalue weighted by Gasteiger charge is -2.10. The molecule has 4 nitrogen and oxygen atoms in total. The van der Waals surface area contributed by atoms with Crippen molar-refractivity contribution >= 4 is 0 Å². The Morgan fingerprint density at radius 2 is 2.39 bits per heavy atom. The summed E-state index contributed by atoms with van der Waals surface area (Å²) in [6.07, 6.45) is 2.35. The summed E-state index contributed by atoms with van der Waals surface area (Å²) < 4.78 is 10.4. The number of hydrogen-bond acceptors (Lipinski definition) is 4. The zero-order valence-electron chi connectivity index (χ0n) is 10.8. The van der Waals surface area contributed by atoms with Crippen molar-refractivity contribution in [2.75, 3.05) is 26.9 Å². The molecule has 1 aliphatic rings. The predicted molar refractivity (Wildman–Crippen MR) is 69.9 cm³/mol. The van der Waals surface area contributed by atoms with Crippen LogP contribution in [0.25, 0.3) is 0 Å². The molecule has 0 saturated carbocycles. The third-order valence-electron chi connectivity index (χ3n) is 3.33. The first kappa shape index (κ1) is 13.2. The van der Waals surface area contributed by atoms with Gasteiger partial charge < -0.3 is 19.9 Å². The van der Waals surface area contributed by atoms with Crippen LogP contribution in [0.4, 0.5) is 0 Å². The van der Waals surface area contributed by atoms with Gasteiger partial charge in [0.15, 0.2) is 11.5 Å². The molecule has 0 radical (unpaired) electrons. The molecule has 1 heterocycles. The van der Waals surface area contributed by atoms with Gasteiger partial charge in [-0.1, -0.05) is 6.07 Å². The smallest absolute Gasteiger partial charge is 0.160 e. The summed E-state index contributed by atoms with van der Waals surface area (Å²) >= 11 is 0. The third-order valence-corrected chi connectivity index (χ3v) is 3.33. The monoisotopic (exact) mass is 251 g/mol. The number of rotatable bonds is 6. The van der Waals surface area contributed by atoms with Gasteiger partial charge in [-0.2, -0.15) is 0 Å². The molecular formula is C14H21NO3. The van der Waals surface area contributed by atoms with Crippen molar-refractivity contribution in [3.8, 4) is 11.5 Å². The average Bonchev–Trinajstić information content (AvgIpc) is 2.89. The molecule has 1 unspecified atom stereocenters. The SMILES string of the molecule is COc1cc(CNCCC2CCOC2)ccc1O. The number of hydrogen-bond donors (Lipinski definition) is 2. The van der Waals surface area contributed by atoms with Gasteiger partial charge in [0.25, 0.3) is 0 Å². The number of nitrogens with one attached hydrogen (secondary N) is 1. The van der Waals surface area contributed by atoms with Gasteiger partial charge in [-0.25, -0.2) is 0 Å². The molecule has 4 heteroatoms. The summed E-state index contributed by atoms with van der Waals surface area (Å²) in [6.45, 7) is 3.62. The Bertz CT molecular complexity index is 375. The summed E-state index contributed by atoms with van der Waals surface area (Å²) in [6, 6.07) is 5.44. The zero-order valence-corrected chi connectivity index (χ0v) is 10.8. The lowest BCUT2D eigenvalue weighted by Crippen LogP contribution is -2.18. The van der Waals surface area contributed by atoms with Gasteiger partial charge in [0, 0.05) is 19.8 Å². The minimum Gasteiger partial charge on any atom is -0.504 e. The normalized spacial score (nSPS) is 19.1. The fourth-order valence-electron chi connectivity index (χ4n) is 2.18. The van der Waals surface area contributed by atoms with Crippen molar-refractivity contribution in [3.63, 3.8) is 0 Å². The molecule has 0 aliphatic carbocycles. The molecule has 1 fully saturated rings. The first-order chi connectivity index (χ1) is 8.79. The second-order valence-corrected chi connectivity index (χ2v) is 4.70. The average molecular weight is 251 g/mol. The van der Waals surface area contributed by atoms with Crippen molar-refractivity contribution in [3.05, 3.63) is 23.8 Å². The Hall–Kier alpha value is -1.26. The van der Waals surface area contributed by atoms with Crippen LogP contribution in [0.2, 0.25) is 0 Å². The van der Waals surface area contributed by atoms with E-state index in [-0.39, 0.29) is 5.75 Å². The van der Waals surface area contributed by atoms with Crippen LogP contribution in [-0.2, 0) is 11.3 Å². The Morgan fingerprint density at radius 3 is 3.11 bits per heavy atom. The fraction of sp³-hybridized carbons (Fsp3) is 0.571. The minimum absolute atomic E-state index is 0.185. The van der Waals surface area contributed by atoms with Gasteiger partial charge in [-0.05, 0) is 43.0 Å². The van der Waals surface area contributed by atoms with Gasteiger partial charge >= 0.3 is 0 Å². The standard InChI is InChI=1S/C14H21NO3/c1-17-14-8-12(2-3-13(14)16)9-15-6-4-11-5-7-18-10-11/h2-3,8,11,15-16H,4-7,9-10H2,1H3. The topological polar surface area (TPSA) is 50.7 Å². The maximum absolute atomic E-state index is 9.49. The predicted octanol–water partition coefficient (Wildman–Crippen LogP) is 1.92. The van der Waals surface area contributed by atoms with Crippen molar-refractivity contribution in [1.29, 1.82) is 0 Å². The summed E-state index contributed by atoms with van der Waals surface area (Å²) in [5.41, 5.74) is 1.12. The van der Waals surface area contributed by atoms with Crippen LogP contribution in [0.3, 0.4) is 0 Å². The maximum Gasteiger partial charge on any atom is 0.160 e. The Balaban J connectivity index is 1.72. The van der Waals surface area contributed by atoms with Crippen molar-refractivity contribution in [2.45, 2.75) is 19.4 Å². The van der Waals surface area contributed by atoms with E-state index >= 15 is 0 Å². The zero-order chi connectivity index (χ0) is 12.8. The molecule has 2 rings (SSSR count). The van der Waals surface area contributed by atoms with Crippen LogP contribution >= 0.6 is 0 Å². The van der Waals surface area contributed by atoms with E-state index in [1.807, 2.05) is 12.1 Å². The summed E-state index contributed by atoms with van der Waals surface area (Å²) in [5, 5.41) is 12.9. The molecule has 0 amide bonds. The van der Waals surface area contributed by atoms with Gasteiger partial charge in [0.2, 0.25) is 0 Å². The van der Waals surface area contributed by atoms with E-state index in [9.17, 15) is 5.11 Å². The molecule has 1 atom stereocenters. The molecular weight excluding hydrogens is 230 g/mol. The maximum atomic E-state index is 9.49. The Labute approximate surface area is 108 Å². The molecule has 1 aromatic carbocycles. The molecule has 1 saturated heterocycles. The summed E-state index contributed by atoms with van der Waals surface area (Å²) in [7, 11) is 1.56. The van der Waals surface area contributed by atoms with E-state index < -0.39 is 0 Å². The van der Waals surface area contributed by atoms with Gasteiger partial charge in [0.05, 0.1) is 7.11 Å². The lowest BCUT2D eigenvalue weighted by atomic mass is 10.1. The van der Waals surface area contributed by atoms with Crippen LogP contribution in [0.5, 0.6) is 11.5 Å². The van der Waals surface area contributed by atoms with Gasteiger partial charge in [0.1, 0.15) is 0 Å². The van der Waals surface area contributed by atoms with Gasteiger partial charge in [-0.3, -0.25) is 0 Å². The minimum atomic E-state index is 0.185. The van der Waals surface area contributed by atoms with Crippen molar-refractivity contribution in [2.24, 2.45) is 5.92 Å². The highest BCUT2D eigenvalue weighted by Gasteiger charge is 2.14. The van der Waals surface area contributed by atoms with E-state index in [0.29, 0.717) is 11.7 Å². The number of benzene rings is 1. The molecule has 0 aromatic heterocycles. The highest BCUT2D eigenvalue weighted by Crippen LogP contribution is 2.26. The Kier molecular flexibility index (Phi) is 4.84. The summed E-state index contributed by atoms with van der Waals surface area (Å²) in [4.78, 5) is 0. The molecule has 18 heavy (non-hydrogen) atoms. The number of aromatic hydroxyl groups is 1. The Morgan fingerprint density at radius 1 is 1.50 bits per heavy atom. The summed E-state index contributed by atoms with van der Waals surface area (Å²) in [5.74, 6) is 1.43. The van der Waals surface area contributed by atoms with E-state index in [2.05, 4.69) is 5.32 Å². The van der Waals surface area contributed by atoms with Crippen molar-refractivity contribution < 1.29 is 14.6 Å². The number of phenolic OH excluding ortho intramolecular Hbond substituents is 1. The van der Waals surface area contributed by atoms with E-state index in [1.54, 1.807) is 13.2 Å². The molecule has 0 bridgehead atoms. The van der Waals surface area contributed by atoms with Crippen LogP contribution in [0, 0.1) is 5.92 Å². The molecule has 1 aliphatic heterocycles. The van der Waals surface area contributed by atoms with E-state index in [1.165, 1.54) is 6.42 Å². The largest absolute Gasteiger partial charge is 0.504 e.